The van der Waals surface area contributed by atoms with Crippen molar-refractivity contribution >= 4 is 50.7 Å². The summed E-state index contributed by atoms with van der Waals surface area (Å²) in [6.07, 6.45) is 1.68. The van der Waals surface area contributed by atoms with E-state index in [9.17, 15) is 14.9 Å². The van der Waals surface area contributed by atoms with Gasteiger partial charge in [0.15, 0.2) is 0 Å². The van der Waals surface area contributed by atoms with Crippen molar-refractivity contribution in [3.05, 3.63) is 76.3 Å². The number of fused-ring (bicyclic) bond motifs is 1. The molecule has 4 aromatic rings. The number of nitrogens with zero attached hydrogens (tertiary/aromatic N) is 4. The molecule has 1 fully saturated rings. The van der Waals surface area contributed by atoms with Crippen LogP contribution in [-0.4, -0.2) is 66.1 Å². The molecule has 0 spiro atoms. The summed E-state index contributed by atoms with van der Waals surface area (Å²) in [5.41, 5.74) is 3.13. The van der Waals surface area contributed by atoms with Crippen LogP contribution in [0.2, 0.25) is 0 Å². The molecular formula is C31H33N7O3S. The molecule has 11 heteroatoms. The monoisotopic (exact) mass is 583 g/mol. The number of aromatic nitrogens is 2. The van der Waals surface area contributed by atoms with Gasteiger partial charge in [-0.1, -0.05) is 18.2 Å². The molecule has 0 saturated carbocycles. The SMILES string of the molecule is Cc1ccc(NC(=O)c2cccc(C(C)(C)C#N)c2)cc1NC(=O)c1cc2ncc(NCCN3CCOCC3)nc2s1. The zero-order valence-corrected chi connectivity index (χ0v) is 24.7. The van der Waals surface area contributed by atoms with E-state index in [1.807, 2.05) is 32.9 Å². The zero-order valence-electron chi connectivity index (χ0n) is 23.9. The Kier molecular flexibility index (Phi) is 8.77. The van der Waals surface area contributed by atoms with Gasteiger partial charge in [0.25, 0.3) is 11.8 Å². The molecule has 1 aliphatic rings. The molecule has 3 heterocycles. The molecule has 1 aliphatic heterocycles. The molecule has 0 bridgehead atoms. The van der Waals surface area contributed by atoms with Crippen LogP contribution in [-0.2, 0) is 10.2 Å². The lowest BCUT2D eigenvalue weighted by Gasteiger charge is -2.26. The molecular weight excluding hydrogens is 550 g/mol. The molecule has 42 heavy (non-hydrogen) atoms. The van der Waals surface area contributed by atoms with Crippen LogP contribution in [0.4, 0.5) is 17.2 Å². The standard InChI is InChI=1S/C31H33N7O3S/c1-20-7-8-23(35-28(39)21-5-4-6-22(15-21)31(2,3)19-32)16-24(20)36-29(40)26-17-25-30(42-26)37-27(18-34-25)33-9-10-38-11-13-41-14-12-38/h4-8,15-18H,9-14H2,1-3H3,(H,33,37)(H,35,39)(H,36,40). The second-order valence-electron chi connectivity index (χ2n) is 10.7. The summed E-state index contributed by atoms with van der Waals surface area (Å²) in [6, 6.07) is 16.4. The van der Waals surface area contributed by atoms with Gasteiger partial charge >= 0.3 is 0 Å². The van der Waals surface area contributed by atoms with Crippen molar-refractivity contribution in [2.75, 3.05) is 55.3 Å². The minimum atomic E-state index is -0.712. The number of aryl methyl sites for hydroxylation is 1. The largest absolute Gasteiger partial charge is 0.379 e. The zero-order chi connectivity index (χ0) is 29.7. The number of carbonyl (C=O) groups excluding carboxylic acids is 2. The first-order valence-electron chi connectivity index (χ1n) is 13.8. The number of rotatable bonds is 9. The summed E-state index contributed by atoms with van der Waals surface area (Å²) in [5.74, 6) is 0.0907. The fourth-order valence-electron chi connectivity index (χ4n) is 4.51. The average Bonchev–Trinajstić information content (AvgIpc) is 3.43. The molecule has 2 aromatic carbocycles. The molecule has 0 atom stereocenters. The fraction of sp³-hybridized carbons (Fsp3) is 0.323. The second kappa shape index (κ2) is 12.7. The van der Waals surface area contributed by atoms with Crippen LogP contribution in [0.15, 0.2) is 54.7 Å². The van der Waals surface area contributed by atoms with E-state index in [1.165, 1.54) is 11.3 Å². The van der Waals surface area contributed by atoms with E-state index in [0.717, 1.165) is 50.5 Å². The first kappa shape index (κ1) is 29.1. The van der Waals surface area contributed by atoms with Gasteiger partial charge in [0, 0.05) is 43.1 Å². The highest BCUT2D eigenvalue weighted by Gasteiger charge is 2.21. The quantitative estimate of drug-likeness (QED) is 0.249. The molecule has 3 N–H and O–H groups in total. The van der Waals surface area contributed by atoms with Crippen LogP contribution in [0.1, 0.15) is 45.0 Å². The smallest absolute Gasteiger partial charge is 0.265 e. The van der Waals surface area contributed by atoms with E-state index in [0.29, 0.717) is 38.0 Å². The van der Waals surface area contributed by atoms with Gasteiger partial charge in [-0.15, -0.1) is 11.3 Å². The molecule has 10 nitrogen and oxygen atoms in total. The number of anilines is 3. The van der Waals surface area contributed by atoms with Crippen LogP contribution in [0.5, 0.6) is 0 Å². The topological polar surface area (TPSA) is 132 Å². The fourth-order valence-corrected chi connectivity index (χ4v) is 5.40. The van der Waals surface area contributed by atoms with E-state index >= 15 is 0 Å². The van der Waals surface area contributed by atoms with Gasteiger partial charge < -0.3 is 20.7 Å². The highest BCUT2D eigenvalue weighted by molar-refractivity contribution is 7.20. The second-order valence-corrected chi connectivity index (χ2v) is 11.7. The van der Waals surface area contributed by atoms with E-state index in [2.05, 4.69) is 36.9 Å². The third-order valence-corrected chi connectivity index (χ3v) is 8.19. The Balaban J connectivity index is 1.23. The molecule has 5 rings (SSSR count). The maximum atomic E-state index is 13.2. The van der Waals surface area contributed by atoms with Gasteiger partial charge in [0.1, 0.15) is 16.2 Å². The number of carbonyl (C=O) groups is 2. The van der Waals surface area contributed by atoms with Gasteiger partial charge in [-0.2, -0.15) is 5.26 Å². The van der Waals surface area contributed by atoms with Crippen LogP contribution < -0.4 is 16.0 Å². The Morgan fingerprint density at radius 3 is 2.69 bits per heavy atom. The third-order valence-electron chi connectivity index (χ3n) is 7.17. The van der Waals surface area contributed by atoms with Crippen molar-refractivity contribution in [1.29, 1.82) is 5.26 Å². The van der Waals surface area contributed by atoms with Crippen molar-refractivity contribution in [2.45, 2.75) is 26.2 Å². The van der Waals surface area contributed by atoms with E-state index < -0.39 is 5.41 Å². The number of nitriles is 1. The van der Waals surface area contributed by atoms with Crippen molar-refractivity contribution in [2.24, 2.45) is 0 Å². The first-order valence-corrected chi connectivity index (χ1v) is 14.6. The molecule has 1 saturated heterocycles. The molecule has 2 aromatic heterocycles. The Morgan fingerprint density at radius 1 is 1.10 bits per heavy atom. The molecule has 2 amide bonds. The van der Waals surface area contributed by atoms with Gasteiger partial charge in [-0.3, -0.25) is 14.5 Å². The van der Waals surface area contributed by atoms with Crippen molar-refractivity contribution in [3.8, 4) is 6.07 Å². The highest BCUT2D eigenvalue weighted by Crippen LogP contribution is 2.27. The predicted molar refractivity (Wildman–Crippen MR) is 165 cm³/mol. The van der Waals surface area contributed by atoms with E-state index in [-0.39, 0.29) is 11.8 Å². The normalized spacial score (nSPS) is 13.9. The summed E-state index contributed by atoms with van der Waals surface area (Å²) in [7, 11) is 0. The minimum Gasteiger partial charge on any atom is -0.379 e. The van der Waals surface area contributed by atoms with Crippen LogP contribution in [0.3, 0.4) is 0 Å². The lowest BCUT2D eigenvalue weighted by molar-refractivity contribution is 0.0398. The van der Waals surface area contributed by atoms with Gasteiger partial charge in [0.05, 0.1) is 35.8 Å². The predicted octanol–water partition coefficient (Wildman–Crippen LogP) is 5.05. The highest BCUT2D eigenvalue weighted by atomic mass is 32.1. The average molecular weight is 584 g/mol. The van der Waals surface area contributed by atoms with Crippen molar-refractivity contribution in [3.63, 3.8) is 0 Å². The number of amides is 2. The first-order chi connectivity index (χ1) is 20.2. The Bertz CT molecular complexity index is 1650. The third kappa shape index (κ3) is 6.91. The Morgan fingerprint density at radius 2 is 1.90 bits per heavy atom. The number of hydrogen-bond donors (Lipinski definition) is 3. The van der Waals surface area contributed by atoms with Gasteiger partial charge in [-0.25, -0.2) is 9.97 Å². The molecule has 0 unspecified atom stereocenters. The van der Waals surface area contributed by atoms with Crippen LogP contribution in [0.25, 0.3) is 10.3 Å². The lowest BCUT2D eigenvalue weighted by atomic mass is 9.85. The number of ether oxygens (including phenoxy) is 1. The van der Waals surface area contributed by atoms with Crippen LogP contribution in [0, 0.1) is 18.3 Å². The minimum absolute atomic E-state index is 0.278. The summed E-state index contributed by atoms with van der Waals surface area (Å²) in [5, 5.41) is 18.6. The van der Waals surface area contributed by atoms with Crippen molar-refractivity contribution < 1.29 is 14.3 Å². The summed E-state index contributed by atoms with van der Waals surface area (Å²) in [4.78, 5) is 38.8. The van der Waals surface area contributed by atoms with Gasteiger partial charge in [0.2, 0.25) is 0 Å². The molecule has 0 radical (unpaired) electrons. The Labute approximate surface area is 248 Å². The van der Waals surface area contributed by atoms with E-state index in [4.69, 9.17) is 4.74 Å². The molecule has 0 aliphatic carbocycles. The van der Waals surface area contributed by atoms with E-state index in [1.54, 1.807) is 42.6 Å². The maximum absolute atomic E-state index is 13.2. The van der Waals surface area contributed by atoms with Crippen LogP contribution >= 0.6 is 11.3 Å². The molecule has 216 valence electrons. The maximum Gasteiger partial charge on any atom is 0.265 e. The summed E-state index contributed by atoms with van der Waals surface area (Å²) in [6.45, 7) is 10.5. The number of thiophene rings is 1. The summed E-state index contributed by atoms with van der Waals surface area (Å²) < 4.78 is 5.39. The number of benzene rings is 2. The number of nitrogens with one attached hydrogen (secondary N) is 3. The number of morpholine rings is 1. The lowest BCUT2D eigenvalue weighted by Crippen LogP contribution is -2.39. The van der Waals surface area contributed by atoms with Crippen molar-refractivity contribution in [1.82, 2.24) is 14.9 Å². The summed E-state index contributed by atoms with van der Waals surface area (Å²) >= 11 is 1.28. The Hall–Kier alpha value is -4.37. The van der Waals surface area contributed by atoms with Gasteiger partial charge in [-0.05, 0) is 62.2 Å². The number of hydrogen-bond acceptors (Lipinski definition) is 9.